The summed E-state index contributed by atoms with van der Waals surface area (Å²) in [5, 5.41) is 3.38. The Hall–Kier alpha value is -2.37. The van der Waals surface area contributed by atoms with Gasteiger partial charge in [0.05, 0.1) is 16.6 Å². The maximum atomic E-state index is 13.2. The first-order chi connectivity index (χ1) is 16.4. The molecule has 2 aromatic rings. The number of likely N-dealkylation sites (tertiary alicyclic amines) is 1. The maximum absolute atomic E-state index is 13.2. The third-order valence-electron chi connectivity index (χ3n) is 6.86. The molecule has 1 unspecified atom stereocenters. The number of hydrogen-bond acceptors (Lipinski definition) is 2. The second-order valence-corrected chi connectivity index (χ2v) is 10.1. The minimum Gasteiger partial charge on any atom is -0.343 e. The number of rotatable bonds is 6. The van der Waals surface area contributed by atoms with Crippen LogP contribution in [0, 0.1) is 17.7 Å². The number of amides is 2. The van der Waals surface area contributed by atoms with Gasteiger partial charge in [0.25, 0.3) is 5.91 Å². The van der Waals surface area contributed by atoms with Crippen LogP contribution in [0.5, 0.6) is 0 Å². The molecule has 180 valence electrons. The van der Waals surface area contributed by atoms with E-state index >= 15 is 0 Å². The van der Waals surface area contributed by atoms with Gasteiger partial charge in [0.2, 0.25) is 5.91 Å². The molecule has 1 N–H and O–H groups in total. The van der Waals surface area contributed by atoms with Crippen molar-refractivity contribution in [2.75, 3.05) is 19.6 Å². The van der Waals surface area contributed by atoms with Gasteiger partial charge >= 0.3 is 0 Å². The molecule has 0 aromatic heterocycles. The Morgan fingerprint density at radius 2 is 1.82 bits per heavy atom. The fourth-order valence-electron chi connectivity index (χ4n) is 4.98. The highest BCUT2D eigenvalue weighted by atomic mass is 35.5. The van der Waals surface area contributed by atoms with Crippen LogP contribution in [0.15, 0.2) is 48.5 Å². The topological polar surface area (TPSA) is 49.4 Å². The molecule has 34 heavy (non-hydrogen) atoms. The quantitative estimate of drug-likeness (QED) is 0.498. The third-order valence-corrected chi connectivity index (χ3v) is 7.60. The average molecular weight is 503 g/mol. The SMILES string of the molecule is O=C(NCC(=O)N1CCC(C[C@H]2CC=C(c3ccc(F)cc3)CCC2)C1)c1ccc(Cl)c(Cl)c1. The predicted octanol–water partition coefficient (Wildman–Crippen LogP) is 6.37. The van der Waals surface area contributed by atoms with E-state index in [1.165, 1.54) is 30.2 Å². The fraction of sp³-hybridized carbons (Fsp3) is 0.407. The van der Waals surface area contributed by atoms with Crippen LogP contribution in [-0.2, 0) is 4.79 Å². The summed E-state index contributed by atoms with van der Waals surface area (Å²) in [4.78, 5) is 26.8. The Bertz CT molecular complexity index is 1070. The van der Waals surface area contributed by atoms with Crippen LogP contribution < -0.4 is 5.32 Å². The van der Waals surface area contributed by atoms with Crippen LogP contribution in [0.3, 0.4) is 0 Å². The standard InChI is InChI=1S/C27H29Cl2FN2O2/c28-24-11-8-22(15-25(24)29)27(34)31-16-26(33)32-13-12-19(17-32)14-18-2-1-3-20(5-4-18)21-6-9-23(30)10-7-21/h5-11,15,18-19H,1-4,12-14,16-17H2,(H,31,34)/t18-,19?/m1/s1. The zero-order chi connectivity index (χ0) is 24.1. The van der Waals surface area contributed by atoms with Crippen LogP contribution in [-0.4, -0.2) is 36.3 Å². The Kier molecular flexibility index (Phi) is 8.28. The zero-order valence-corrected chi connectivity index (χ0v) is 20.5. The van der Waals surface area contributed by atoms with Crippen molar-refractivity contribution in [2.45, 2.75) is 38.5 Å². The summed E-state index contributed by atoms with van der Waals surface area (Å²) >= 11 is 11.9. The molecule has 1 heterocycles. The Balaban J connectivity index is 1.24. The second kappa shape index (κ2) is 11.4. The van der Waals surface area contributed by atoms with Crippen LogP contribution in [0.1, 0.15) is 54.4 Å². The Labute approximate surface area is 210 Å². The van der Waals surface area contributed by atoms with E-state index in [1.54, 1.807) is 12.1 Å². The number of nitrogens with zero attached hydrogens (tertiary/aromatic N) is 1. The van der Waals surface area contributed by atoms with Gasteiger partial charge in [-0.3, -0.25) is 9.59 Å². The van der Waals surface area contributed by atoms with Crippen LogP contribution in [0.2, 0.25) is 10.0 Å². The molecule has 1 aliphatic carbocycles. The van der Waals surface area contributed by atoms with Gasteiger partial charge in [-0.25, -0.2) is 4.39 Å². The van der Waals surface area contributed by atoms with Crippen LogP contribution in [0.25, 0.3) is 5.57 Å². The molecule has 1 fully saturated rings. The Morgan fingerprint density at radius 3 is 2.59 bits per heavy atom. The maximum Gasteiger partial charge on any atom is 0.251 e. The molecule has 2 aliphatic rings. The molecule has 7 heteroatoms. The molecule has 2 amide bonds. The van der Waals surface area contributed by atoms with E-state index < -0.39 is 0 Å². The van der Waals surface area contributed by atoms with E-state index in [1.807, 2.05) is 17.0 Å². The van der Waals surface area contributed by atoms with Crippen molar-refractivity contribution < 1.29 is 14.0 Å². The number of nitrogens with one attached hydrogen (secondary N) is 1. The zero-order valence-electron chi connectivity index (χ0n) is 19.0. The number of carbonyl (C=O) groups is 2. The van der Waals surface area contributed by atoms with Crippen LogP contribution in [0.4, 0.5) is 4.39 Å². The lowest BCUT2D eigenvalue weighted by Gasteiger charge is -2.20. The van der Waals surface area contributed by atoms with E-state index in [2.05, 4.69) is 11.4 Å². The van der Waals surface area contributed by atoms with Gasteiger partial charge in [-0.2, -0.15) is 0 Å². The molecule has 4 nitrogen and oxygen atoms in total. The summed E-state index contributed by atoms with van der Waals surface area (Å²) in [7, 11) is 0. The Morgan fingerprint density at radius 1 is 1.03 bits per heavy atom. The van der Waals surface area contributed by atoms with Gasteiger partial charge in [-0.05, 0) is 91.8 Å². The third kappa shape index (κ3) is 6.39. The van der Waals surface area contributed by atoms with Gasteiger partial charge in [-0.15, -0.1) is 0 Å². The molecular formula is C27H29Cl2FN2O2. The predicted molar refractivity (Wildman–Crippen MR) is 134 cm³/mol. The first-order valence-corrected chi connectivity index (χ1v) is 12.6. The lowest BCUT2D eigenvalue weighted by molar-refractivity contribution is -0.129. The highest BCUT2D eigenvalue weighted by Gasteiger charge is 2.28. The lowest BCUT2D eigenvalue weighted by Crippen LogP contribution is -2.39. The molecule has 2 atom stereocenters. The summed E-state index contributed by atoms with van der Waals surface area (Å²) in [5.74, 6) is 0.484. The molecule has 2 aromatic carbocycles. The number of allylic oxidation sites excluding steroid dienone is 2. The fourth-order valence-corrected chi connectivity index (χ4v) is 5.28. The van der Waals surface area contributed by atoms with Gasteiger partial charge in [0.15, 0.2) is 0 Å². The highest BCUT2D eigenvalue weighted by Crippen LogP contribution is 2.34. The first-order valence-electron chi connectivity index (χ1n) is 11.8. The molecule has 0 bridgehead atoms. The number of carbonyl (C=O) groups excluding carboxylic acids is 2. The largest absolute Gasteiger partial charge is 0.343 e. The van der Waals surface area contributed by atoms with Gasteiger partial charge in [0.1, 0.15) is 5.82 Å². The van der Waals surface area contributed by atoms with Crippen molar-refractivity contribution in [1.29, 1.82) is 0 Å². The number of benzene rings is 2. The van der Waals surface area contributed by atoms with Crippen LogP contribution >= 0.6 is 23.2 Å². The molecular weight excluding hydrogens is 474 g/mol. The molecule has 1 aliphatic heterocycles. The first kappa shape index (κ1) is 24.7. The smallest absolute Gasteiger partial charge is 0.251 e. The van der Waals surface area contributed by atoms with E-state index in [0.717, 1.165) is 50.8 Å². The monoisotopic (exact) mass is 502 g/mol. The van der Waals surface area contributed by atoms with E-state index in [9.17, 15) is 14.0 Å². The molecule has 0 saturated carbocycles. The summed E-state index contributed by atoms with van der Waals surface area (Å²) in [6, 6.07) is 11.4. The van der Waals surface area contributed by atoms with Crippen molar-refractivity contribution in [1.82, 2.24) is 10.2 Å². The van der Waals surface area contributed by atoms with Gasteiger partial charge in [-0.1, -0.05) is 41.4 Å². The van der Waals surface area contributed by atoms with E-state index in [0.29, 0.717) is 27.4 Å². The highest BCUT2D eigenvalue weighted by molar-refractivity contribution is 6.42. The minimum atomic E-state index is -0.343. The van der Waals surface area contributed by atoms with E-state index in [-0.39, 0.29) is 24.2 Å². The van der Waals surface area contributed by atoms with E-state index in [4.69, 9.17) is 23.2 Å². The summed E-state index contributed by atoms with van der Waals surface area (Å²) < 4.78 is 13.2. The molecule has 0 radical (unpaired) electrons. The van der Waals surface area contributed by atoms with Gasteiger partial charge < -0.3 is 10.2 Å². The second-order valence-electron chi connectivity index (χ2n) is 9.27. The van der Waals surface area contributed by atoms with Crippen molar-refractivity contribution in [3.05, 3.63) is 75.5 Å². The number of halogens is 3. The van der Waals surface area contributed by atoms with Crippen molar-refractivity contribution in [3.63, 3.8) is 0 Å². The summed E-state index contributed by atoms with van der Waals surface area (Å²) in [6.07, 6.45) is 8.77. The molecule has 4 rings (SSSR count). The molecule has 1 saturated heterocycles. The van der Waals surface area contributed by atoms with Crippen molar-refractivity contribution in [3.8, 4) is 0 Å². The summed E-state index contributed by atoms with van der Waals surface area (Å²) in [6.45, 7) is 1.45. The van der Waals surface area contributed by atoms with Gasteiger partial charge in [0, 0.05) is 18.7 Å². The lowest BCUT2D eigenvalue weighted by atomic mass is 9.89. The minimum absolute atomic E-state index is 0.0288. The average Bonchev–Trinajstić information content (AvgIpc) is 3.17. The number of hydrogen-bond donors (Lipinski definition) is 1. The van der Waals surface area contributed by atoms with Crippen molar-refractivity contribution >= 4 is 40.6 Å². The normalized spacial score (nSPS) is 20.6. The summed E-state index contributed by atoms with van der Waals surface area (Å²) in [5.41, 5.74) is 2.80. The van der Waals surface area contributed by atoms with Crippen molar-refractivity contribution in [2.24, 2.45) is 11.8 Å². The molecule has 0 spiro atoms.